The van der Waals surface area contributed by atoms with Crippen molar-refractivity contribution < 1.29 is 17.6 Å². The number of sulfone groups is 1. The summed E-state index contributed by atoms with van der Waals surface area (Å²) in [6.07, 6.45) is 0. The maximum atomic E-state index is 13.4. The molecule has 146 valence electrons. The first-order valence-electron chi connectivity index (χ1n) is 8.68. The molecule has 4 aromatic rings. The number of thiazole rings is 1. The molecule has 0 saturated carbocycles. The van der Waals surface area contributed by atoms with Gasteiger partial charge in [0.2, 0.25) is 15.0 Å². The fraction of sp³-hybridized carbons (Fsp3) is 0.105. The number of hydrogen-bond donors (Lipinski definition) is 1. The van der Waals surface area contributed by atoms with E-state index in [1.54, 1.807) is 24.3 Å². The summed E-state index contributed by atoms with van der Waals surface area (Å²) < 4.78 is 40.1. The van der Waals surface area contributed by atoms with E-state index < -0.39 is 15.7 Å². The molecule has 0 radical (unpaired) electrons. The Balaban J connectivity index is 1.59. The average molecular weight is 428 g/mol. The molecule has 0 aliphatic carbocycles. The largest absolute Gasteiger partial charge is 0.309 e. The smallest absolute Gasteiger partial charge is 0.276 e. The standard InChI is InChI=1S/C19H13FN4O3S2/c20-12-6-7-13-14(10-12)28-18(21-13)23-17(25)16-15(11-4-2-1-3-5-11)22-19-24(16)8-9-29(19,26)27/h1-7,10H,8-9H2,(H,21,23,25). The van der Waals surface area contributed by atoms with Crippen LogP contribution >= 0.6 is 11.3 Å². The summed E-state index contributed by atoms with van der Waals surface area (Å²) in [6.45, 7) is 0.158. The van der Waals surface area contributed by atoms with Crippen molar-refractivity contribution in [3.05, 3.63) is 60.0 Å². The number of benzene rings is 2. The lowest BCUT2D eigenvalue weighted by atomic mass is 10.1. The Kier molecular flexibility index (Phi) is 4.00. The van der Waals surface area contributed by atoms with Crippen LogP contribution in [0.3, 0.4) is 0 Å². The quantitative estimate of drug-likeness (QED) is 0.540. The molecule has 1 amide bonds. The minimum Gasteiger partial charge on any atom is -0.309 e. The van der Waals surface area contributed by atoms with E-state index in [0.29, 0.717) is 26.6 Å². The highest BCUT2D eigenvalue weighted by atomic mass is 32.2. The Hall–Kier alpha value is -3.11. The van der Waals surface area contributed by atoms with E-state index in [-0.39, 0.29) is 29.0 Å². The van der Waals surface area contributed by atoms with Gasteiger partial charge < -0.3 is 4.57 Å². The Bertz CT molecular complexity index is 1380. The number of imidazole rings is 1. The molecule has 2 aromatic carbocycles. The van der Waals surface area contributed by atoms with Gasteiger partial charge in [0, 0.05) is 12.1 Å². The minimum atomic E-state index is -3.53. The van der Waals surface area contributed by atoms with Crippen LogP contribution in [0.2, 0.25) is 0 Å². The molecule has 2 aromatic heterocycles. The van der Waals surface area contributed by atoms with Gasteiger partial charge in [0.15, 0.2) is 5.13 Å². The van der Waals surface area contributed by atoms with Crippen LogP contribution < -0.4 is 5.32 Å². The zero-order valence-electron chi connectivity index (χ0n) is 14.8. The lowest BCUT2D eigenvalue weighted by molar-refractivity contribution is 0.101. The van der Waals surface area contributed by atoms with Gasteiger partial charge in [-0.15, -0.1) is 0 Å². The Morgan fingerprint density at radius 2 is 1.93 bits per heavy atom. The SMILES string of the molecule is O=C(Nc1nc2ccc(F)cc2s1)c1c(-c2ccccc2)nc2n1CCS2(=O)=O. The normalized spacial score (nSPS) is 14.8. The number of anilines is 1. The van der Waals surface area contributed by atoms with Gasteiger partial charge in [-0.25, -0.2) is 22.8 Å². The lowest BCUT2D eigenvalue weighted by Crippen LogP contribution is -2.17. The number of nitrogens with one attached hydrogen (secondary N) is 1. The average Bonchev–Trinajstić information content (AvgIpc) is 3.35. The van der Waals surface area contributed by atoms with Crippen LogP contribution in [0.15, 0.2) is 53.7 Å². The molecule has 1 N–H and O–H groups in total. The minimum absolute atomic E-state index is 0.0922. The zero-order chi connectivity index (χ0) is 20.2. The summed E-state index contributed by atoms with van der Waals surface area (Å²) in [5, 5.41) is 2.90. The monoisotopic (exact) mass is 428 g/mol. The van der Waals surface area contributed by atoms with E-state index in [1.165, 1.54) is 22.8 Å². The molecule has 3 heterocycles. The Morgan fingerprint density at radius 1 is 1.14 bits per heavy atom. The first-order chi connectivity index (χ1) is 13.9. The van der Waals surface area contributed by atoms with Crippen molar-refractivity contribution in [1.29, 1.82) is 0 Å². The van der Waals surface area contributed by atoms with Crippen LogP contribution in [-0.4, -0.2) is 34.6 Å². The molecule has 0 fully saturated rings. The fourth-order valence-electron chi connectivity index (χ4n) is 3.32. The van der Waals surface area contributed by atoms with Crippen molar-refractivity contribution in [3.63, 3.8) is 0 Å². The van der Waals surface area contributed by atoms with Gasteiger partial charge in [0.25, 0.3) is 5.91 Å². The van der Waals surface area contributed by atoms with Gasteiger partial charge in [0.1, 0.15) is 17.2 Å². The van der Waals surface area contributed by atoms with Crippen LogP contribution in [0.5, 0.6) is 0 Å². The van der Waals surface area contributed by atoms with E-state index in [0.717, 1.165) is 11.3 Å². The zero-order valence-corrected chi connectivity index (χ0v) is 16.4. The third kappa shape index (κ3) is 3.00. The van der Waals surface area contributed by atoms with E-state index in [2.05, 4.69) is 15.3 Å². The van der Waals surface area contributed by atoms with Crippen molar-refractivity contribution >= 4 is 42.4 Å². The number of carbonyl (C=O) groups excluding carboxylic acids is 1. The molecule has 1 aliphatic heterocycles. The Labute approximate surface area is 168 Å². The van der Waals surface area contributed by atoms with Crippen LogP contribution in [0.25, 0.3) is 21.5 Å². The molecule has 1 aliphatic rings. The van der Waals surface area contributed by atoms with Gasteiger partial charge in [-0.3, -0.25) is 10.1 Å². The van der Waals surface area contributed by atoms with E-state index >= 15 is 0 Å². The first kappa shape index (κ1) is 18.0. The predicted molar refractivity (Wildman–Crippen MR) is 107 cm³/mol. The second-order valence-electron chi connectivity index (χ2n) is 6.51. The molecule has 29 heavy (non-hydrogen) atoms. The lowest BCUT2D eigenvalue weighted by Gasteiger charge is -2.07. The summed E-state index contributed by atoms with van der Waals surface area (Å²) in [5.74, 6) is -0.992. The second-order valence-corrected chi connectivity index (χ2v) is 9.55. The van der Waals surface area contributed by atoms with Gasteiger partial charge in [-0.1, -0.05) is 41.7 Å². The van der Waals surface area contributed by atoms with Gasteiger partial charge in [-0.05, 0) is 18.2 Å². The third-order valence-electron chi connectivity index (χ3n) is 4.63. The number of aromatic nitrogens is 3. The highest BCUT2D eigenvalue weighted by molar-refractivity contribution is 7.91. The van der Waals surface area contributed by atoms with Crippen molar-refractivity contribution in [2.75, 3.05) is 11.1 Å². The van der Waals surface area contributed by atoms with Crippen molar-refractivity contribution in [3.8, 4) is 11.3 Å². The molecule has 10 heteroatoms. The fourth-order valence-corrected chi connectivity index (χ4v) is 5.56. The highest BCUT2D eigenvalue weighted by Gasteiger charge is 2.35. The van der Waals surface area contributed by atoms with E-state index in [9.17, 15) is 17.6 Å². The van der Waals surface area contributed by atoms with E-state index in [4.69, 9.17) is 0 Å². The summed E-state index contributed by atoms with van der Waals surface area (Å²) in [5.41, 5.74) is 1.67. The molecule has 5 rings (SSSR count). The number of hydrogen-bond acceptors (Lipinski definition) is 6. The van der Waals surface area contributed by atoms with Crippen LogP contribution in [0.1, 0.15) is 10.5 Å². The first-order valence-corrected chi connectivity index (χ1v) is 11.2. The molecule has 0 bridgehead atoms. The van der Waals surface area contributed by atoms with Crippen LogP contribution in [0.4, 0.5) is 9.52 Å². The maximum Gasteiger partial charge on any atom is 0.276 e. The highest BCUT2D eigenvalue weighted by Crippen LogP contribution is 2.32. The predicted octanol–water partition coefficient (Wildman–Crippen LogP) is 3.34. The summed E-state index contributed by atoms with van der Waals surface area (Å²) >= 11 is 1.14. The molecule has 0 saturated heterocycles. The number of halogens is 1. The molecule has 7 nitrogen and oxygen atoms in total. The number of fused-ring (bicyclic) bond motifs is 2. The summed E-state index contributed by atoms with van der Waals surface area (Å²) in [4.78, 5) is 21.7. The van der Waals surface area contributed by atoms with Crippen molar-refractivity contribution in [2.45, 2.75) is 11.7 Å². The van der Waals surface area contributed by atoms with Gasteiger partial charge >= 0.3 is 0 Å². The topological polar surface area (TPSA) is 93.9 Å². The number of carbonyl (C=O) groups is 1. The molecular weight excluding hydrogens is 415 g/mol. The Morgan fingerprint density at radius 3 is 2.72 bits per heavy atom. The van der Waals surface area contributed by atoms with Gasteiger partial charge in [-0.2, -0.15) is 0 Å². The molecule has 0 spiro atoms. The third-order valence-corrected chi connectivity index (χ3v) is 7.15. The van der Waals surface area contributed by atoms with Crippen LogP contribution in [-0.2, 0) is 16.4 Å². The van der Waals surface area contributed by atoms with Crippen molar-refractivity contribution in [2.24, 2.45) is 0 Å². The molecular formula is C19H13FN4O3S2. The van der Waals surface area contributed by atoms with Crippen molar-refractivity contribution in [1.82, 2.24) is 14.5 Å². The van der Waals surface area contributed by atoms with E-state index in [1.807, 2.05) is 6.07 Å². The summed E-state index contributed by atoms with van der Waals surface area (Å²) in [7, 11) is -3.53. The number of amides is 1. The maximum absolute atomic E-state index is 13.4. The number of nitrogens with zero attached hydrogens (tertiary/aromatic N) is 3. The molecule has 0 unspecified atom stereocenters. The number of rotatable bonds is 3. The summed E-state index contributed by atoms with van der Waals surface area (Å²) in [6, 6.07) is 13.1. The van der Waals surface area contributed by atoms with Gasteiger partial charge in [0.05, 0.1) is 16.0 Å². The van der Waals surface area contributed by atoms with Crippen LogP contribution in [0, 0.1) is 5.82 Å². The molecule has 0 atom stereocenters. The second kappa shape index (κ2) is 6.46.